The Labute approximate surface area is 108 Å². The first-order valence-corrected chi connectivity index (χ1v) is 5.90. The Balaban J connectivity index is 2.58. The van der Waals surface area contributed by atoms with Crippen molar-refractivity contribution in [3.8, 4) is 5.88 Å². The van der Waals surface area contributed by atoms with Gasteiger partial charge in [0.05, 0.1) is 19.0 Å². The number of nitrogens with zero attached hydrogens (tertiary/aromatic N) is 1. The monoisotopic (exact) mass is 251 g/mol. The minimum atomic E-state index is -0.320. The molecule has 18 heavy (non-hydrogen) atoms. The van der Waals surface area contributed by atoms with E-state index in [1.807, 2.05) is 33.8 Å². The molecule has 0 aliphatic carbocycles. The number of aromatic nitrogens is 1. The van der Waals surface area contributed by atoms with Crippen molar-refractivity contribution >= 4 is 11.6 Å². The lowest BCUT2D eigenvalue weighted by Gasteiger charge is -2.24. The van der Waals surface area contributed by atoms with E-state index in [1.54, 1.807) is 19.4 Å². The average molecular weight is 251 g/mol. The van der Waals surface area contributed by atoms with Crippen LogP contribution >= 0.6 is 0 Å². The number of rotatable bonds is 4. The van der Waals surface area contributed by atoms with Gasteiger partial charge in [0.2, 0.25) is 11.8 Å². The first kappa shape index (κ1) is 14.3. The second-order valence-electron chi connectivity index (χ2n) is 5.19. The van der Waals surface area contributed by atoms with Gasteiger partial charge in [-0.25, -0.2) is 4.98 Å². The number of amides is 1. The van der Waals surface area contributed by atoms with Crippen LogP contribution in [0, 0.1) is 0 Å². The number of anilines is 1. The highest BCUT2D eigenvalue weighted by Gasteiger charge is 2.18. The molecule has 0 aliphatic rings. The number of carbonyl (C=O) groups is 1. The molecule has 1 aromatic heterocycles. The Bertz CT molecular complexity index is 396. The van der Waals surface area contributed by atoms with E-state index in [-0.39, 0.29) is 17.5 Å². The van der Waals surface area contributed by atoms with E-state index in [1.165, 1.54) is 0 Å². The predicted octanol–water partition coefficient (Wildman–Crippen LogP) is 1.81. The van der Waals surface area contributed by atoms with Gasteiger partial charge < -0.3 is 15.4 Å². The number of ether oxygens (including phenoxy) is 1. The van der Waals surface area contributed by atoms with Crippen molar-refractivity contribution in [2.24, 2.45) is 0 Å². The summed E-state index contributed by atoms with van der Waals surface area (Å²) in [5, 5.41) is 6.00. The van der Waals surface area contributed by atoms with Gasteiger partial charge in [-0.2, -0.15) is 0 Å². The third kappa shape index (κ3) is 4.61. The topological polar surface area (TPSA) is 63.2 Å². The summed E-state index contributed by atoms with van der Waals surface area (Å²) >= 11 is 0. The third-order valence-corrected chi connectivity index (χ3v) is 2.22. The van der Waals surface area contributed by atoms with E-state index in [4.69, 9.17) is 4.74 Å². The number of hydrogen-bond donors (Lipinski definition) is 2. The maximum atomic E-state index is 11.9. The first-order chi connectivity index (χ1) is 8.31. The van der Waals surface area contributed by atoms with Crippen molar-refractivity contribution in [1.82, 2.24) is 10.3 Å². The molecular formula is C13H21N3O2. The maximum absolute atomic E-state index is 11.9. The summed E-state index contributed by atoms with van der Waals surface area (Å²) < 4.78 is 4.97. The Morgan fingerprint density at radius 3 is 2.50 bits per heavy atom. The van der Waals surface area contributed by atoms with Crippen LogP contribution in [0.3, 0.4) is 0 Å². The molecule has 5 heteroatoms. The van der Waals surface area contributed by atoms with Gasteiger partial charge in [-0.1, -0.05) is 0 Å². The van der Waals surface area contributed by atoms with E-state index >= 15 is 0 Å². The highest BCUT2D eigenvalue weighted by atomic mass is 16.5. The summed E-state index contributed by atoms with van der Waals surface area (Å²) in [6.45, 7) is 7.66. The van der Waals surface area contributed by atoms with Gasteiger partial charge in [-0.3, -0.25) is 4.79 Å². The van der Waals surface area contributed by atoms with Gasteiger partial charge in [-0.05, 0) is 33.8 Å². The molecular weight excluding hydrogens is 230 g/mol. The Kier molecular flexibility index (Phi) is 4.53. The number of methoxy groups -OCH3 is 1. The van der Waals surface area contributed by atoms with Crippen LogP contribution in [0.1, 0.15) is 27.7 Å². The van der Waals surface area contributed by atoms with Crippen LogP contribution in [-0.2, 0) is 4.79 Å². The fourth-order valence-electron chi connectivity index (χ4n) is 1.38. The fourth-order valence-corrected chi connectivity index (χ4v) is 1.38. The Morgan fingerprint density at radius 2 is 2.06 bits per heavy atom. The lowest BCUT2D eigenvalue weighted by Crippen LogP contribution is -2.47. The quantitative estimate of drug-likeness (QED) is 0.856. The van der Waals surface area contributed by atoms with Gasteiger partial charge in [0.1, 0.15) is 6.04 Å². The summed E-state index contributed by atoms with van der Waals surface area (Å²) in [6, 6.07) is 3.25. The van der Waals surface area contributed by atoms with E-state index in [9.17, 15) is 4.79 Å². The molecule has 1 aromatic rings. The van der Waals surface area contributed by atoms with Crippen LogP contribution < -0.4 is 15.4 Å². The Hall–Kier alpha value is -1.78. The number of nitrogens with one attached hydrogen (secondary N) is 2. The number of pyridine rings is 1. The normalized spacial score (nSPS) is 12.7. The lowest BCUT2D eigenvalue weighted by molar-refractivity contribution is -0.122. The van der Waals surface area contributed by atoms with Gasteiger partial charge in [-0.15, -0.1) is 0 Å². The third-order valence-electron chi connectivity index (χ3n) is 2.22. The SMILES string of the molecule is COc1ccc(N[C@H](C)C(=O)NC(C)(C)C)cn1. The van der Waals surface area contributed by atoms with Crippen molar-refractivity contribution in [3.63, 3.8) is 0 Å². The zero-order valence-electron chi connectivity index (χ0n) is 11.6. The summed E-state index contributed by atoms with van der Waals surface area (Å²) in [4.78, 5) is 15.9. The molecule has 5 nitrogen and oxygen atoms in total. The van der Waals surface area contributed by atoms with Gasteiger partial charge >= 0.3 is 0 Å². The second-order valence-corrected chi connectivity index (χ2v) is 5.19. The highest BCUT2D eigenvalue weighted by molar-refractivity contribution is 5.84. The Morgan fingerprint density at radius 1 is 1.39 bits per heavy atom. The molecule has 1 amide bonds. The number of carbonyl (C=O) groups excluding carboxylic acids is 1. The first-order valence-electron chi connectivity index (χ1n) is 5.90. The van der Waals surface area contributed by atoms with Crippen molar-refractivity contribution in [3.05, 3.63) is 18.3 Å². The predicted molar refractivity (Wildman–Crippen MR) is 71.8 cm³/mol. The molecule has 0 fully saturated rings. The van der Waals surface area contributed by atoms with E-state index in [0.29, 0.717) is 5.88 Å². The van der Waals surface area contributed by atoms with E-state index in [0.717, 1.165) is 5.69 Å². The minimum Gasteiger partial charge on any atom is -0.481 e. The highest BCUT2D eigenvalue weighted by Crippen LogP contribution is 2.12. The summed E-state index contributed by atoms with van der Waals surface area (Å²) in [5.74, 6) is 0.505. The minimum absolute atomic E-state index is 0.0432. The summed E-state index contributed by atoms with van der Waals surface area (Å²) in [5.41, 5.74) is 0.554. The zero-order valence-corrected chi connectivity index (χ0v) is 11.6. The smallest absolute Gasteiger partial charge is 0.242 e. The molecule has 0 unspecified atom stereocenters. The molecule has 2 N–H and O–H groups in total. The van der Waals surface area contributed by atoms with Crippen LogP contribution in [0.4, 0.5) is 5.69 Å². The van der Waals surface area contributed by atoms with Crippen molar-refractivity contribution < 1.29 is 9.53 Å². The summed E-state index contributed by atoms with van der Waals surface area (Å²) in [6.07, 6.45) is 1.64. The lowest BCUT2D eigenvalue weighted by atomic mass is 10.1. The molecule has 100 valence electrons. The molecule has 0 saturated carbocycles. The van der Waals surface area contributed by atoms with Gasteiger partial charge in [0.15, 0.2) is 0 Å². The van der Waals surface area contributed by atoms with Crippen molar-refractivity contribution in [2.45, 2.75) is 39.3 Å². The van der Waals surface area contributed by atoms with Crippen molar-refractivity contribution in [1.29, 1.82) is 0 Å². The van der Waals surface area contributed by atoms with Gasteiger partial charge in [0.25, 0.3) is 0 Å². The van der Waals surface area contributed by atoms with Crippen LogP contribution in [0.5, 0.6) is 5.88 Å². The fraction of sp³-hybridized carbons (Fsp3) is 0.538. The van der Waals surface area contributed by atoms with Crippen LogP contribution in [-0.4, -0.2) is 29.6 Å². The van der Waals surface area contributed by atoms with Crippen LogP contribution in [0.25, 0.3) is 0 Å². The molecule has 1 heterocycles. The zero-order chi connectivity index (χ0) is 13.8. The number of hydrogen-bond acceptors (Lipinski definition) is 4. The molecule has 0 aliphatic heterocycles. The molecule has 1 rings (SSSR count). The maximum Gasteiger partial charge on any atom is 0.242 e. The summed E-state index contributed by atoms with van der Waals surface area (Å²) in [7, 11) is 1.56. The van der Waals surface area contributed by atoms with E-state index in [2.05, 4.69) is 15.6 Å². The van der Waals surface area contributed by atoms with E-state index < -0.39 is 0 Å². The van der Waals surface area contributed by atoms with Gasteiger partial charge in [0, 0.05) is 11.6 Å². The molecule has 0 saturated heterocycles. The standard InChI is InChI=1S/C13H21N3O2/c1-9(12(17)16-13(2,3)4)15-10-6-7-11(18-5)14-8-10/h6-9,15H,1-5H3,(H,16,17)/t9-/m1/s1. The molecule has 0 radical (unpaired) electrons. The van der Waals surface area contributed by atoms with Crippen LogP contribution in [0.2, 0.25) is 0 Å². The average Bonchev–Trinajstić information content (AvgIpc) is 2.27. The largest absolute Gasteiger partial charge is 0.481 e. The molecule has 0 aromatic carbocycles. The molecule has 0 spiro atoms. The molecule has 1 atom stereocenters. The molecule has 0 bridgehead atoms. The van der Waals surface area contributed by atoms with Crippen LogP contribution in [0.15, 0.2) is 18.3 Å². The van der Waals surface area contributed by atoms with Crippen molar-refractivity contribution in [2.75, 3.05) is 12.4 Å². The second kappa shape index (κ2) is 5.71.